The van der Waals surface area contributed by atoms with Gasteiger partial charge in [-0.15, -0.1) is 0 Å². The molecule has 1 heterocycles. The van der Waals surface area contributed by atoms with Gasteiger partial charge in [-0.3, -0.25) is 4.79 Å². The van der Waals surface area contributed by atoms with Crippen molar-refractivity contribution < 1.29 is 19.4 Å². The standard InChI is InChI=1S/C29H29Cl2N5O4/c1-19-29(16-22-5-2-3-6-23(22)18-34-36-32,28(38)33-17-20-7-12-25(30)26(31)15-20)35-27(40-19)21-8-10-24(11-9-21)39-14-4-13-37/h2-3,5-12,15,19,37H,4,13-14,16-18H2,1H3,(H,33,38)/t19-,29-/m1/s1. The number of carbonyl (C=O) groups is 1. The number of ether oxygens (including phenoxy) is 2. The number of aliphatic hydroxyl groups excluding tert-OH is 1. The molecule has 2 N–H and O–H groups in total. The van der Waals surface area contributed by atoms with Gasteiger partial charge in [0.25, 0.3) is 5.91 Å². The molecule has 0 saturated heterocycles. The number of halogens is 2. The molecule has 1 aliphatic rings. The second-order valence-corrected chi connectivity index (χ2v) is 10.1. The second kappa shape index (κ2) is 13.5. The molecule has 4 rings (SSSR count). The lowest BCUT2D eigenvalue weighted by Crippen LogP contribution is -2.52. The summed E-state index contributed by atoms with van der Waals surface area (Å²) in [4.78, 5) is 21.7. The van der Waals surface area contributed by atoms with Crippen LogP contribution in [0.1, 0.15) is 35.6 Å². The number of hydrogen-bond donors (Lipinski definition) is 2. The zero-order valence-electron chi connectivity index (χ0n) is 21.9. The number of hydrogen-bond acceptors (Lipinski definition) is 6. The van der Waals surface area contributed by atoms with Crippen LogP contribution in [0.5, 0.6) is 5.75 Å². The van der Waals surface area contributed by atoms with Crippen LogP contribution in [-0.2, 0) is 29.0 Å². The Bertz CT molecular complexity index is 1430. The van der Waals surface area contributed by atoms with Crippen molar-refractivity contribution in [1.29, 1.82) is 0 Å². The van der Waals surface area contributed by atoms with Crippen LogP contribution >= 0.6 is 23.2 Å². The minimum absolute atomic E-state index is 0.0574. The minimum Gasteiger partial charge on any atom is -0.494 e. The van der Waals surface area contributed by atoms with Gasteiger partial charge in [-0.1, -0.05) is 58.6 Å². The van der Waals surface area contributed by atoms with Gasteiger partial charge in [0.15, 0.2) is 5.54 Å². The van der Waals surface area contributed by atoms with Crippen molar-refractivity contribution >= 4 is 35.0 Å². The Kier molecular flexibility index (Phi) is 9.90. The average Bonchev–Trinajstić information content (AvgIpc) is 3.30. The van der Waals surface area contributed by atoms with Crippen LogP contribution in [0.15, 0.2) is 76.8 Å². The maximum absolute atomic E-state index is 13.9. The molecule has 3 aromatic rings. The first-order valence-corrected chi connectivity index (χ1v) is 13.5. The molecule has 1 amide bonds. The molecule has 0 saturated carbocycles. The molecular formula is C29H29Cl2N5O4. The third kappa shape index (κ3) is 6.87. The van der Waals surface area contributed by atoms with E-state index >= 15 is 0 Å². The molecule has 1 aliphatic heterocycles. The van der Waals surface area contributed by atoms with E-state index in [4.69, 9.17) is 48.3 Å². The summed E-state index contributed by atoms with van der Waals surface area (Å²) in [6.07, 6.45) is 0.157. The minimum atomic E-state index is -1.30. The van der Waals surface area contributed by atoms with Crippen LogP contribution < -0.4 is 10.1 Å². The predicted octanol–water partition coefficient (Wildman–Crippen LogP) is 6.03. The molecule has 0 fully saturated rings. The Labute approximate surface area is 242 Å². The molecule has 0 bridgehead atoms. The number of nitrogens with zero attached hydrogens (tertiary/aromatic N) is 4. The SMILES string of the molecule is C[C@H]1OC(c2ccc(OCCCO)cc2)=N[C@@]1(Cc1ccccc1CN=[N+]=[N-])C(=O)NCc1ccc(Cl)c(Cl)c1. The van der Waals surface area contributed by atoms with Gasteiger partial charge in [-0.2, -0.15) is 0 Å². The molecular weight excluding hydrogens is 553 g/mol. The summed E-state index contributed by atoms with van der Waals surface area (Å²) in [6, 6.07) is 19.9. The van der Waals surface area contributed by atoms with Gasteiger partial charge in [-0.25, -0.2) is 4.99 Å². The van der Waals surface area contributed by atoms with Crippen molar-refractivity contribution in [2.45, 2.75) is 44.5 Å². The van der Waals surface area contributed by atoms with E-state index < -0.39 is 11.6 Å². The van der Waals surface area contributed by atoms with Crippen LogP contribution in [0.3, 0.4) is 0 Å². The smallest absolute Gasteiger partial charge is 0.252 e. The third-order valence-corrected chi connectivity index (χ3v) is 7.39. The van der Waals surface area contributed by atoms with Crippen LogP contribution in [0.2, 0.25) is 10.0 Å². The Balaban J connectivity index is 1.66. The lowest BCUT2D eigenvalue weighted by atomic mass is 9.84. The Morgan fingerprint density at radius 1 is 1.15 bits per heavy atom. The van der Waals surface area contributed by atoms with Gasteiger partial charge in [0, 0.05) is 36.5 Å². The Morgan fingerprint density at radius 2 is 1.90 bits per heavy atom. The number of aliphatic hydroxyl groups is 1. The maximum atomic E-state index is 13.9. The Hall–Kier alpha value is -3.75. The van der Waals surface area contributed by atoms with E-state index in [1.54, 1.807) is 30.3 Å². The van der Waals surface area contributed by atoms with Crippen LogP contribution in [-0.4, -0.2) is 41.8 Å². The first kappa shape index (κ1) is 29.2. The highest BCUT2D eigenvalue weighted by molar-refractivity contribution is 6.42. The van der Waals surface area contributed by atoms with Gasteiger partial charge in [0.05, 0.1) is 23.2 Å². The Morgan fingerprint density at radius 3 is 2.60 bits per heavy atom. The fraction of sp³-hybridized carbons (Fsp3) is 0.310. The van der Waals surface area contributed by atoms with Crippen molar-refractivity contribution in [1.82, 2.24) is 5.32 Å². The maximum Gasteiger partial charge on any atom is 0.252 e. The highest BCUT2D eigenvalue weighted by Crippen LogP contribution is 2.34. The monoisotopic (exact) mass is 581 g/mol. The summed E-state index contributed by atoms with van der Waals surface area (Å²) >= 11 is 12.2. The van der Waals surface area contributed by atoms with E-state index in [9.17, 15) is 4.79 Å². The van der Waals surface area contributed by atoms with E-state index in [1.165, 1.54) is 0 Å². The highest BCUT2D eigenvalue weighted by Gasteiger charge is 2.50. The van der Waals surface area contributed by atoms with Gasteiger partial charge in [-0.05, 0) is 65.5 Å². The normalized spacial score (nSPS) is 17.9. The molecule has 40 heavy (non-hydrogen) atoms. The summed E-state index contributed by atoms with van der Waals surface area (Å²) in [5.41, 5.74) is 10.7. The van der Waals surface area contributed by atoms with Crippen molar-refractivity contribution in [2.24, 2.45) is 10.1 Å². The number of nitrogens with one attached hydrogen (secondary N) is 1. The topological polar surface area (TPSA) is 129 Å². The first-order valence-electron chi connectivity index (χ1n) is 12.8. The van der Waals surface area contributed by atoms with Gasteiger partial charge in [0.2, 0.25) is 5.90 Å². The fourth-order valence-corrected chi connectivity index (χ4v) is 4.73. The van der Waals surface area contributed by atoms with E-state index in [1.807, 2.05) is 43.3 Å². The molecule has 2 atom stereocenters. The molecule has 9 nitrogen and oxygen atoms in total. The lowest BCUT2D eigenvalue weighted by Gasteiger charge is -2.29. The number of benzene rings is 3. The summed E-state index contributed by atoms with van der Waals surface area (Å²) in [5.74, 6) is 0.677. The molecule has 0 aliphatic carbocycles. The third-order valence-electron chi connectivity index (χ3n) is 6.65. The predicted molar refractivity (Wildman–Crippen MR) is 155 cm³/mol. The van der Waals surface area contributed by atoms with Crippen LogP contribution in [0, 0.1) is 0 Å². The molecule has 0 aromatic heterocycles. The molecule has 11 heteroatoms. The van der Waals surface area contributed by atoms with Gasteiger partial charge >= 0.3 is 0 Å². The van der Waals surface area contributed by atoms with Crippen LogP contribution in [0.25, 0.3) is 10.4 Å². The zero-order chi connectivity index (χ0) is 28.5. The molecule has 208 valence electrons. The number of amides is 1. The largest absolute Gasteiger partial charge is 0.494 e. The first-order chi connectivity index (χ1) is 19.4. The second-order valence-electron chi connectivity index (χ2n) is 9.32. The average molecular weight is 582 g/mol. The van der Waals surface area contributed by atoms with Gasteiger partial charge in [0.1, 0.15) is 11.9 Å². The van der Waals surface area contributed by atoms with E-state index in [0.29, 0.717) is 40.3 Å². The molecule has 0 unspecified atom stereocenters. The molecule has 0 spiro atoms. The van der Waals surface area contributed by atoms with E-state index in [2.05, 4.69) is 15.3 Å². The molecule has 0 radical (unpaired) electrons. The summed E-state index contributed by atoms with van der Waals surface area (Å²) in [6.45, 7) is 2.65. The highest BCUT2D eigenvalue weighted by atomic mass is 35.5. The van der Waals surface area contributed by atoms with Crippen molar-refractivity contribution in [2.75, 3.05) is 13.2 Å². The van der Waals surface area contributed by atoms with Crippen molar-refractivity contribution in [3.8, 4) is 5.75 Å². The number of aliphatic imine (C=N–C) groups is 1. The lowest BCUT2D eigenvalue weighted by molar-refractivity contribution is -0.128. The summed E-state index contributed by atoms with van der Waals surface area (Å²) < 4.78 is 11.8. The number of carbonyl (C=O) groups excluding carboxylic acids is 1. The van der Waals surface area contributed by atoms with Crippen LogP contribution in [0.4, 0.5) is 0 Å². The van der Waals surface area contributed by atoms with E-state index in [-0.39, 0.29) is 32.0 Å². The fourth-order valence-electron chi connectivity index (χ4n) is 4.41. The van der Waals surface area contributed by atoms with Crippen molar-refractivity contribution in [3.05, 3.63) is 109 Å². The number of azide groups is 1. The summed E-state index contributed by atoms with van der Waals surface area (Å²) in [7, 11) is 0. The van der Waals surface area contributed by atoms with E-state index in [0.717, 1.165) is 16.7 Å². The molecule has 3 aromatic carbocycles. The quantitative estimate of drug-likeness (QED) is 0.117. The van der Waals surface area contributed by atoms with Crippen molar-refractivity contribution in [3.63, 3.8) is 0 Å². The number of rotatable bonds is 12. The zero-order valence-corrected chi connectivity index (χ0v) is 23.4. The summed E-state index contributed by atoms with van der Waals surface area (Å²) in [5, 5.41) is 16.5. The van der Waals surface area contributed by atoms with Gasteiger partial charge < -0.3 is 19.9 Å².